The van der Waals surface area contributed by atoms with Crippen molar-refractivity contribution in [2.45, 2.75) is 12.5 Å². The molecule has 2 aromatic rings. The number of rotatable bonds is 4. The van der Waals surface area contributed by atoms with Gasteiger partial charge in [-0.25, -0.2) is 0 Å². The van der Waals surface area contributed by atoms with Crippen LogP contribution in [-0.4, -0.2) is 6.69 Å². The molecule has 88 valence electrons. The minimum atomic E-state index is -2.32. The fourth-order valence-corrected chi connectivity index (χ4v) is 4.67. The third-order valence-corrected chi connectivity index (χ3v) is 7.27. The Morgan fingerprint density at radius 2 is 1.29 bits per heavy atom. The topological polar surface area (TPSA) is 0 Å². The van der Waals surface area contributed by atoms with Crippen molar-refractivity contribution in [1.82, 2.24) is 0 Å². The molecule has 0 unspecified atom stereocenters. The number of aryl methyl sites for hydroxylation is 1. The first-order valence-corrected chi connectivity index (χ1v) is 9.89. The Kier molecular flexibility index (Phi) is 4.27. The fourth-order valence-electron chi connectivity index (χ4n) is 1.77. The molecular formula is C14H14Cl2Si. The maximum atomic E-state index is 6.52. The summed E-state index contributed by atoms with van der Waals surface area (Å²) in [4.78, 5) is 0. The first-order chi connectivity index (χ1) is 8.18. The van der Waals surface area contributed by atoms with E-state index in [0.717, 1.165) is 17.7 Å². The molecule has 0 nitrogen and oxygen atoms in total. The molecule has 0 heterocycles. The minimum Gasteiger partial charge on any atom is -0.140 e. The standard InChI is InChI=1S/C14H14Cl2Si/c15-17(16,14-9-5-2-6-10-14)12-11-13-7-3-1-4-8-13/h1-10H,11-12H2. The molecule has 0 aromatic heterocycles. The van der Waals surface area contributed by atoms with E-state index in [9.17, 15) is 0 Å². The summed E-state index contributed by atoms with van der Waals surface area (Å²) < 4.78 is 0. The minimum absolute atomic E-state index is 0.851. The Labute approximate surface area is 113 Å². The molecule has 0 atom stereocenters. The highest BCUT2D eigenvalue weighted by Crippen LogP contribution is 2.22. The lowest BCUT2D eigenvalue weighted by Gasteiger charge is -2.16. The van der Waals surface area contributed by atoms with Crippen LogP contribution in [0.1, 0.15) is 5.56 Å². The zero-order chi connectivity index (χ0) is 12.1. The summed E-state index contributed by atoms with van der Waals surface area (Å²) in [5.41, 5.74) is 1.29. The molecule has 2 aromatic carbocycles. The highest BCUT2D eigenvalue weighted by Gasteiger charge is 2.30. The predicted octanol–water partition coefficient (Wildman–Crippen LogP) is 4.06. The first-order valence-electron chi connectivity index (χ1n) is 5.66. The summed E-state index contributed by atoms with van der Waals surface area (Å²) in [6, 6.07) is 21.2. The van der Waals surface area contributed by atoms with Crippen LogP contribution in [0.4, 0.5) is 0 Å². The average Bonchev–Trinajstić information content (AvgIpc) is 2.39. The van der Waals surface area contributed by atoms with Crippen molar-refractivity contribution in [3.05, 3.63) is 66.2 Å². The summed E-state index contributed by atoms with van der Waals surface area (Å²) >= 11 is 13.0. The maximum Gasteiger partial charge on any atom is 0.281 e. The van der Waals surface area contributed by atoms with Gasteiger partial charge in [-0.05, 0) is 23.2 Å². The second-order valence-electron chi connectivity index (χ2n) is 4.06. The summed E-state index contributed by atoms with van der Waals surface area (Å²) in [6.07, 6.45) is 0.939. The smallest absolute Gasteiger partial charge is 0.140 e. The van der Waals surface area contributed by atoms with Gasteiger partial charge in [-0.3, -0.25) is 0 Å². The number of halogens is 2. The molecule has 0 amide bonds. The lowest BCUT2D eigenvalue weighted by molar-refractivity contribution is 1.12. The van der Waals surface area contributed by atoms with Gasteiger partial charge in [-0.15, -0.1) is 22.2 Å². The van der Waals surface area contributed by atoms with Crippen LogP contribution in [-0.2, 0) is 6.42 Å². The van der Waals surface area contributed by atoms with Gasteiger partial charge < -0.3 is 0 Å². The van der Waals surface area contributed by atoms with Gasteiger partial charge in [0.05, 0.1) is 0 Å². The molecule has 3 heteroatoms. The van der Waals surface area contributed by atoms with Crippen LogP contribution in [0.15, 0.2) is 60.7 Å². The monoisotopic (exact) mass is 280 g/mol. The summed E-state index contributed by atoms with van der Waals surface area (Å²) in [5.74, 6) is 0. The van der Waals surface area contributed by atoms with Gasteiger partial charge >= 0.3 is 0 Å². The van der Waals surface area contributed by atoms with Crippen molar-refractivity contribution in [1.29, 1.82) is 0 Å². The van der Waals surface area contributed by atoms with Crippen molar-refractivity contribution in [3.63, 3.8) is 0 Å². The van der Waals surface area contributed by atoms with E-state index in [-0.39, 0.29) is 0 Å². The van der Waals surface area contributed by atoms with E-state index in [1.807, 2.05) is 48.5 Å². The summed E-state index contributed by atoms with van der Waals surface area (Å²) in [6.45, 7) is -2.32. The quantitative estimate of drug-likeness (QED) is 0.585. The van der Waals surface area contributed by atoms with Gasteiger partial charge in [0.1, 0.15) is 0 Å². The highest BCUT2D eigenvalue weighted by atomic mass is 35.7. The van der Waals surface area contributed by atoms with Gasteiger partial charge in [0.2, 0.25) is 0 Å². The molecular weight excluding hydrogens is 267 g/mol. The Balaban J connectivity index is 2.03. The zero-order valence-corrected chi connectivity index (χ0v) is 12.0. The molecule has 0 fully saturated rings. The van der Waals surface area contributed by atoms with Crippen molar-refractivity contribution < 1.29 is 0 Å². The van der Waals surface area contributed by atoms with Gasteiger partial charge in [0.25, 0.3) is 6.69 Å². The van der Waals surface area contributed by atoms with Crippen LogP contribution >= 0.6 is 22.2 Å². The molecule has 0 aliphatic rings. The lowest BCUT2D eigenvalue weighted by Crippen LogP contribution is -2.36. The van der Waals surface area contributed by atoms with E-state index in [2.05, 4.69) is 12.1 Å². The number of benzene rings is 2. The van der Waals surface area contributed by atoms with Crippen LogP contribution in [0.5, 0.6) is 0 Å². The average molecular weight is 281 g/mol. The van der Waals surface area contributed by atoms with E-state index >= 15 is 0 Å². The SMILES string of the molecule is Cl[Si](Cl)(CCc1ccccc1)c1ccccc1. The Hall–Kier alpha value is -0.763. The summed E-state index contributed by atoms with van der Waals surface area (Å²) in [7, 11) is 0. The van der Waals surface area contributed by atoms with Crippen molar-refractivity contribution in [2.75, 3.05) is 0 Å². The van der Waals surface area contributed by atoms with Crippen molar-refractivity contribution in [2.24, 2.45) is 0 Å². The third kappa shape index (κ3) is 3.60. The van der Waals surface area contributed by atoms with Gasteiger partial charge in [0.15, 0.2) is 0 Å². The molecule has 2 rings (SSSR count). The van der Waals surface area contributed by atoms with Crippen LogP contribution < -0.4 is 5.19 Å². The second-order valence-corrected chi connectivity index (χ2v) is 11.0. The van der Waals surface area contributed by atoms with E-state index in [0.29, 0.717) is 0 Å². The molecule has 0 saturated heterocycles. The van der Waals surface area contributed by atoms with Gasteiger partial charge in [0, 0.05) is 0 Å². The van der Waals surface area contributed by atoms with Crippen LogP contribution in [0, 0.1) is 0 Å². The van der Waals surface area contributed by atoms with E-state index in [1.54, 1.807) is 0 Å². The predicted molar refractivity (Wildman–Crippen MR) is 78.5 cm³/mol. The van der Waals surface area contributed by atoms with Crippen LogP contribution in [0.25, 0.3) is 0 Å². The molecule has 0 bridgehead atoms. The zero-order valence-electron chi connectivity index (χ0n) is 9.44. The Morgan fingerprint density at radius 1 is 0.765 bits per heavy atom. The third-order valence-electron chi connectivity index (χ3n) is 2.77. The number of hydrogen-bond donors (Lipinski definition) is 0. The van der Waals surface area contributed by atoms with E-state index in [4.69, 9.17) is 22.2 Å². The van der Waals surface area contributed by atoms with Gasteiger partial charge in [-0.1, -0.05) is 60.7 Å². The van der Waals surface area contributed by atoms with Gasteiger partial charge in [-0.2, -0.15) is 0 Å². The molecule has 0 aliphatic carbocycles. The Bertz CT molecular complexity index is 454. The van der Waals surface area contributed by atoms with Crippen molar-refractivity contribution in [3.8, 4) is 0 Å². The van der Waals surface area contributed by atoms with Crippen molar-refractivity contribution >= 4 is 34.0 Å². The van der Waals surface area contributed by atoms with E-state index in [1.165, 1.54) is 5.56 Å². The normalized spacial score (nSPS) is 11.4. The molecule has 0 aliphatic heterocycles. The fraction of sp³-hybridized carbons (Fsp3) is 0.143. The molecule has 0 spiro atoms. The molecule has 0 N–H and O–H groups in total. The first kappa shape index (κ1) is 12.7. The molecule has 17 heavy (non-hydrogen) atoms. The second kappa shape index (κ2) is 5.72. The molecule has 0 saturated carbocycles. The number of hydrogen-bond acceptors (Lipinski definition) is 0. The maximum absolute atomic E-state index is 6.52. The lowest BCUT2D eigenvalue weighted by atomic mass is 10.2. The van der Waals surface area contributed by atoms with E-state index < -0.39 is 6.69 Å². The largest absolute Gasteiger partial charge is 0.281 e. The van der Waals surface area contributed by atoms with Crippen LogP contribution in [0.2, 0.25) is 6.04 Å². The summed E-state index contributed by atoms with van der Waals surface area (Å²) in [5, 5.41) is 1.10. The van der Waals surface area contributed by atoms with Crippen LogP contribution in [0.3, 0.4) is 0 Å². The molecule has 0 radical (unpaired) electrons. The Morgan fingerprint density at radius 3 is 1.88 bits per heavy atom. The highest BCUT2D eigenvalue weighted by molar-refractivity contribution is 7.50.